The summed E-state index contributed by atoms with van der Waals surface area (Å²) in [4.78, 5) is 18.3. The fourth-order valence-corrected chi connectivity index (χ4v) is 3.63. The molecule has 2 fully saturated rings. The second-order valence-electron chi connectivity index (χ2n) is 5.72. The molecule has 1 N–H and O–H groups in total. The summed E-state index contributed by atoms with van der Waals surface area (Å²) in [5.74, 6) is 1.03. The molecule has 3 rings (SSSR count). The third-order valence-electron chi connectivity index (χ3n) is 4.35. The highest BCUT2D eigenvalue weighted by Crippen LogP contribution is 2.46. The number of carbonyl (C=O) groups is 1. The Kier molecular flexibility index (Phi) is 3.98. The molecule has 4 nitrogen and oxygen atoms in total. The van der Waals surface area contributed by atoms with Crippen LogP contribution in [-0.4, -0.2) is 45.3 Å². The Morgan fingerprint density at radius 2 is 2.15 bits per heavy atom. The lowest BCUT2D eigenvalue weighted by molar-refractivity contribution is -0.130. The highest BCUT2D eigenvalue weighted by Gasteiger charge is 2.48. The number of aliphatic hydroxyl groups is 1. The number of aromatic nitrogens is 1. The standard InChI is InChI=1S/C15H20N2O2S/c18-14(11-20-13-3-1-2-8-16-13)17-9-4-12(5-10-17)15(19)6-7-15/h1-3,8,12,19H,4-7,9-11H2. The molecule has 1 aromatic heterocycles. The van der Waals surface area contributed by atoms with Crippen LogP contribution in [0.3, 0.4) is 0 Å². The monoisotopic (exact) mass is 292 g/mol. The molecule has 0 unspecified atom stereocenters. The molecule has 1 aromatic rings. The van der Waals surface area contributed by atoms with Gasteiger partial charge in [0.25, 0.3) is 0 Å². The van der Waals surface area contributed by atoms with Gasteiger partial charge >= 0.3 is 0 Å². The summed E-state index contributed by atoms with van der Waals surface area (Å²) in [6.07, 6.45) is 5.52. The number of hydrogen-bond donors (Lipinski definition) is 1. The van der Waals surface area contributed by atoms with Crippen LogP contribution in [0.15, 0.2) is 29.4 Å². The summed E-state index contributed by atoms with van der Waals surface area (Å²) in [7, 11) is 0. The Hall–Kier alpha value is -1.07. The van der Waals surface area contributed by atoms with E-state index in [9.17, 15) is 9.90 Å². The minimum Gasteiger partial charge on any atom is -0.390 e. The predicted molar refractivity (Wildman–Crippen MR) is 78.4 cm³/mol. The van der Waals surface area contributed by atoms with Crippen LogP contribution in [0.2, 0.25) is 0 Å². The molecule has 0 radical (unpaired) electrons. The predicted octanol–water partition coefficient (Wildman–Crippen LogP) is 1.94. The van der Waals surface area contributed by atoms with Crippen LogP contribution in [0.5, 0.6) is 0 Å². The van der Waals surface area contributed by atoms with Crippen molar-refractivity contribution < 1.29 is 9.90 Å². The van der Waals surface area contributed by atoms with E-state index in [0.717, 1.165) is 43.8 Å². The summed E-state index contributed by atoms with van der Waals surface area (Å²) in [5, 5.41) is 11.0. The number of rotatable bonds is 4. The van der Waals surface area contributed by atoms with E-state index < -0.39 is 5.60 Å². The van der Waals surface area contributed by atoms with Crippen molar-refractivity contribution in [2.24, 2.45) is 5.92 Å². The van der Waals surface area contributed by atoms with E-state index >= 15 is 0 Å². The highest BCUT2D eigenvalue weighted by atomic mass is 32.2. The van der Waals surface area contributed by atoms with Crippen molar-refractivity contribution in [2.75, 3.05) is 18.8 Å². The molecule has 1 amide bonds. The quantitative estimate of drug-likeness (QED) is 0.862. The van der Waals surface area contributed by atoms with Gasteiger partial charge in [0, 0.05) is 19.3 Å². The topological polar surface area (TPSA) is 53.4 Å². The smallest absolute Gasteiger partial charge is 0.232 e. The fourth-order valence-electron chi connectivity index (χ4n) is 2.86. The fraction of sp³-hybridized carbons (Fsp3) is 0.600. The number of thioether (sulfide) groups is 1. The van der Waals surface area contributed by atoms with Crippen molar-refractivity contribution >= 4 is 17.7 Å². The van der Waals surface area contributed by atoms with Crippen LogP contribution in [0, 0.1) is 5.92 Å². The van der Waals surface area contributed by atoms with E-state index in [1.165, 1.54) is 11.8 Å². The zero-order valence-electron chi connectivity index (χ0n) is 11.5. The van der Waals surface area contributed by atoms with Crippen molar-refractivity contribution in [3.63, 3.8) is 0 Å². The van der Waals surface area contributed by atoms with Gasteiger partial charge in [0.2, 0.25) is 5.91 Å². The minimum atomic E-state index is -0.391. The first-order valence-corrected chi connectivity index (χ1v) is 8.20. The Bertz CT molecular complexity index is 468. The zero-order valence-corrected chi connectivity index (χ0v) is 12.3. The first-order valence-electron chi connectivity index (χ1n) is 7.21. The van der Waals surface area contributed by atoms with Gasteiger partial charge in [0.15, 0.2) is 0 Å². The Morgan fingerprint density at radius 3 is 2.75 bits per heavy atom. The number of likely N-dealkylation sites (tertiary alicyclic amines) is 1. The van der Waals surface area contributed by atoms with E-state index in [4.69, 9.17) is 0 Å². The Morgan fingerprint density at radius 1 is 1.40 bits per heavy atom. The van der Waals surface area contributed by atoms with Crippen molar-refractivity contribution in [3.05, 3.63) is 24.4 Å². The molecule has 108 valence electrons. The largest absolute Gasteiger partial charge is 0.390 e. The molecule has 20 heavy (non-hydrogen) atoms. The molecule has 0 aromatic carbocycles. The molecule has 1 aliphatic carbocycles. The number of piperidine rings is 1. The minimum absolute atomic E-state index is 0.182. The summed E-state index contributed by atoms with van der Waals surface area (Å²) in [6, 6.07) is 5.73. The maximum atomic E-state index is 12.2. The van der Waals surface area contributed by atoms with E-state index in [-0.39, 0.29) is 5.91 Å². The van der Waals surface area contributed by atoms with E-state index in [1.54, 1.807) is 6.20 Å². The van der Waals surface area contributed by atoms with Crippen molar-refractivity contribution in [1.82, 2.24) is 9.88 Å². The summed E-state index contributed by atoms with van der Waals surface area (Å²) >= 11 is 1.49. The average Bonchev–Trinajstić information content (AvgIpc) is 3.25. The van der Waals surface area contributed by atoms with Crippen LogP contribution < -0.4 is 0 Å². The number of pyridine rings is 1. The maximum absolute atomic E-state index is 12.2. The van der Waals surface area contributed by atoms with Gasteiger partial charge in [-0.15, -0.1) is 0 Å². The SMILES string of the molecule is O=C(CSc1ccccn1)N1CCC(C2(O)CC2)CC1. The van der Waals surface area contributed by atoms with Crippen LogP contribution >= 0.6 is 11.8 Å². The number of carbonyl (C=O) groups excluding carboxylic acids is 1. The second kappa shape index (κ2) is 5.74. The number of amides is 1. The summed E-state index contributed by atoms with van der Waals surface area (Å²) in [6.45, 7) is 1.57. The van der Waals surface area contributed by atoms with Crippen molar-refractivity contribution in [2.45, 2.75) is 36.3 Å². The lowest BCUT2D eigenvalue weighted by Gasteiger charge is -2.34. The van der Waals surface area contributed by atoms with Gasteiger partial charge in [-0.25, -0.2) is 4.98 Å². The third-order valence-corrected chi connectivity index (χ3v) is 5.28. The molecule has 0 atom stereocenters. The molecular weight excluding hydrogens is 272 g/mol. The molecule has 1 saturated carbocycles. The average molecular weight is 292 g/mol. The number of hydrogen-bond acceptors (Lipinski definition) is 4. The van der Waals surface area contributed by atoms with Crippen molar-refractivity contribution in [3.8, 4) is 0 Å². The normalized spacial score (nSPS) is 21.8. The van der Waals surface area contributed by atoms with Gasteiger partial charge in [-0.1, -0.05) is 17.8 Å². The van der Waals surface area contributed by atoms with Gasteiger partial charge in [-0.2, -0.15) is 0 Å². The Balaban J connectivity index is 1.45. The van der Waals surface area contributed by atoms with E-state index in [1.807, 2.05) is 23.1 Å². The van der Waals surface area contributed by atoms with Crippen LogP contribution in [0.1, 0.15) is 25.7 Å². The molecule has 0 spiro atoms. The highest BCUT2D eigenvalue weighted by molar-refractivity contribution is 7.99. The van der Waals surface area contributed by atoms with Crippen LogP contribution in [0.4, 0.5) is 0 Å². The maximum Gasteiger partial charge on any atom is 0.232 e. The second-order valence-corrected chi connectivity index (χ2v) is 6.71. The van der Waals surface area contributed by atoms with Crippen LogP contribution in [0.25, 0.3) is 0 Å². The molecule has 0 bridgehead atoms. The third kappa shape index (κ3) is 3.15. The summed E-state index contributed by atoms with van der Waals surface area (Å²) < 4.78 is 0. The Labute approximate surface area is 123 Å². The van der Waals surface area contributed by atoms with Gasteiger partial charge in [0.05, 0.1) is 16.4 Å². The first kappa shape index (κ1) is 13.9. The molecular formula is C15H20N2O2S. The molecule has 1 aliphatic heterocycles. The van der Waals surface area contributed by atoms with Gasteiger partial charge in [0.1, 0.15) is 0 Å². The lowest BCUT2D eigenvalue weighted by Crippen LogP contribution is -2.42. The van der Waals surface area contributed by atoms with Gasteiger partial charge in [-0.3, -0.25) is 4.79 Å². The van der Waals surface area contributed by atoms with Crippen molar-refractivity contribution in [1.29, 1.82) is 0 Å². The van der Waals surface area contributed by atoms with E-state index in [0.29, 0.717) is 11.7 Å². The van der Waals surface area contributed by atoms with Crippen LogP contribution in [-0.2, 0) is 4.79 Å². The molecule has 5 heteroatoms. The molecule has 2 heterocycles. The lowest BCUT2D eigenvalue weighted by atomic mass is 9.89. The van der Waals surface area contributed by atoms with Gasteiger partial charge in [-0.05, 0) is 43.7 Å². The zero-order chi connectivity index (χ0) is 14.0. The first-order chi connectivity index (χ1) is 9.67. The molecule has 1 saturated heterocycles. The van der Waals surface area contributed by atoms with E-state index in [2.05, 4.69) is 4.98 Å². The molecule has 2 aliphatic rings. The van der Waals surface area contributed by atoms with Gasteiger partial charge < -0.3 is 10.0 Å². The summed E-state index contributed by atoms with van der Waals surface area (Å²) in [5.41, 5.74) is -0.391. The number of nitrogens with zero attached hydrogens (tertiary/aromatic N) is 2.